The molecule has 0 fully saturated rings. The summed E-state index contributed by atoms with van der Waals surface area (Å²) in [4.78, 5) is 20.3. The first-order valence-electron chi connectivity index (χ1n) is 7.93. The number of hydrogen-bond acceptors (Lipinski definition) is 2. The SMILES string of the molecule is Cc1ccc(CN(C)C(=O)c2cc3c(ccc4ccccc43)[nH]2)s1. The molecule has 1 N–H and O–H groups in total. The Balaban J connectivity index is 1.68. The maximum atomic E-state index is 12.8. The van der Waals surface area contributed by atoms with Crippen LogP contribution in [-0.2, 0) is 6.54 Å². The topological polar surface area (TPSA) is 36.1 Å². The average molecular weight is 334 g/mol. The van der Waals surface area contributed by atoms with Crippen LogP contribution in [0.2, 0.25) is 0 Å². The maximum Gasteiger partial charge on any atom is 0.270 e. The number of H-pyrrole nitrogens is 1. The van der Waals surface area contributed by atoms with Crippen LogP contribution in [0.1, 0.15) is 20.2 Å². The molecule has 0 saturated heterocycles. The maximum absolute atomic E-state index is 12.8. The zero-order valence-corrected chi connectivity index (χ0v) is 14.5. The van der Waals surface area contributed by atoms with E-state index in [2.05, 4.69) is 42.2 Å². The Labute approximate surface area is 144 Å². The molecule has 3 nitrogen and oxygen atoms in total. The van der Waals surface area contributed by atoms with Crippen molar-refractivity contribution in [2.45, 2.75) is 13.5 Å². The van der Waals surface area contributed by atoms with Gasteiger partial charge in [0.05, 0.1) is 6.54 Å². The minimum atomic E-state index is 0.0151. The highest BCUT2D eigenvalue weighted by Gasteiger charge is 2.16. The second-order valence-corrected chi connectivity index (χ2v) is 7.48. The van der Waals surface area contributed by atoms with Crippen molar-refractivity contribution in [1.82, 2.24) is 9.88 Å². The number of benzene rings is 2. The van der Waals surface area contributed by atoms with E-state index in [4.69, 9.17) is 0 Å². The highest BCUT2D eigenvalue weighted by molar-refractivity contribution is 7.11. The third-order valence-electron chi connectivity index (χ3n) is 4.29. The summed E-state index contributed by atoms with van der Waals surface area (Å²) in [5.41, 5.74) is 1.63. The predicted molar refractivity (Wildman–Crippen MR) is 101 cm³/mol. The molecule has 0 spiro atoms. The summed E-state index contributed by atoms with van der Waals surface area (Å²) in [7, 11) is 1.85. The van der Waals surface area contributed by atoms with Crippen LogP contribution < -0.4 is 0 Å². The third kappa shape index (κ3) is 2.59. The van der Waals surface area contributed by atoms with Crippen LogP contribution in [0.25, 0.3) is 21.7 Å². The smallest absolute Gasteiger partial charge is 0.270 e. The van der Waals surface area contributed by atoms with Crippen LogP contribution in [-0.4, -0.2) is 22.8 Å². The molecular formula is C20H18N2OS. The van der Waals surface area contributed by atoms with Gasteiger partial charge in [-0.05, 0) is 42.0 Å². The van der Waals surface area contributed by atoms with E-state index in [1.54, 1.807) is 16.2 Å². The van der Waals surface area contributed by atoms with E-state index < -0.39 is 0 Å². The summed E-state index contributed by atoms with van der Waals surface area (Å²) in [5.74, 6) is 0.0151. The molecule has 4 aromatic rings. The standard InChI is InChI=1S/C20H18N2OS/c1-13-7-9-15(24-13)12-22(2)20(23)19-11-17-16-6-4-3-5-14(16)8-10-18(17)21-19/h3-11,21H,12H2,1-2H3. The van der Waals surface area contributed by atoms with Gasteiger partial charge in [-0.15, -0.1) is 11.3 Å². The van der Waals surface area contributed by atoms with Crippen LogP contribution in [0.5, 0.6) is 0 Å². The Morgan fingerprint density at radius 1 is 1.08 bits per heavy atom. The molecule has 0 radical (unpaired) electrons. The van der Waals surface area contributed by atoms with Gasteiger partial charge in [-0.1, -0.05) is 30.3 Å². The molecular weight excluding hydrogens is 316 g/mol. The fourth-order valence-corrected chi connectivity index (χ4v) is 4.03. The number of aryl methyl sites for hydroxylation is 1. The molecule has 0 aliphatic rings. The first-order chi connectivity index (χ1) is 11.6. The van der Waals surface area contributed by atoms with E-state index in [0.29, 0.717) is 12.2 Å². The molecule has 4 heteroatoms. The first kappa shape index (κ1) is 15.0. The number of aromatic nitrogens is 1. The number of carbonyl (C=O) groups excluding carboxylic acids is 1. The van der Waals surface area contributed by atoms with Gasteiger partial charge in [0.1, 0.15) is 5.69 Å². The lowest BCUT2D eigenvalue weighted by molar-refractivity contribution is 0.0781. The number of hydrogen-bond donors (Lipinski definition) is 1. The van der Waals surface area contributed by atoms with Crippen molar-refractivity contribution in [3.63, 3.8) is 0 Å². The lowest BCUT2D eigenvalue weighted by Crippen LogP contribution is -2.26. The normalized spacial score (nSPS) is 11.2. The molecule has 0 atom stereocenters. The molecule has 0 aliphatic carbocycles. The molecule has 0 bridgehead atoms. The number of nitrogens with zero attached hydrogens (tertiary/aromatic N) is 1. The van der Waals surface area contributed by atoms with Gasteiger partial charge in [-0.2, -0.15) is 0 Å². The lowest BCUT2D eigenvalue weighted by atomic mass is 10.1. The lowest BCUT2D eigenvalue weighted by Gasteiger charge is -2.15. The van der Waals surface area contributed by atoms with Crippen molar-refractivity contribution in [3.8, 4) is 0 Å². The van der Waals surface area contributed by atoms with Gasteiger partial charge in [-0.3, -0.25) is 4.79 Å². The summed E-state index contributed by atoms with van der Waals surface area (Å²) < 4.78 is 0. The van der Waals surface area contributed by atoms with Gasteiger partial charge in [0.15, 0.2) is 0 Å². The molecule has 1 amide bonds. The molecule has 2 aromatic heterocycles. The number of amides is 1. The van der Waals surface area contributed by atoms with Gasteiger partial charge in [0.2, 0.25) is 0 Å². The van der Waals surface area contributed by atoms with Gasteiger partial charge >= 0.3 is 0 Å². The summed E-state index contributed by atoms with van der Waals surface area (Å²) in [6.07, 6.45) is 0. The number of carbonyl (C=O) groups is 1. The molecule has 24 heavy (non-hydrogen) atoms. The predicted octanol–water partition coefficient (Wildman–Crippen LogP) is 4.96. The van der Waals surface area contributed by atoms with Gasteiger partial charge in [-0.25, -0.2) is 0 Å². The van der Waals surface area contributed by atoms with Crippen LogP contribution in [0.4, 0.5) is 0 Å². The number of fused-ring (bicyclic) bond motifs is 3. The molecule has 2 heterocycles. The fraction of sp³-hybridized carbons (Fsp3) is 0.150. The molecule has 120 valence electrons. The molecule has 4 rings (SSSR count). The van der Waals surface area contributed by atoms with Crippen molar-refractivity contribution in [3.05, 3.63) is 70.0 Å². The van der Waals surface area contributed by atoms with Crippen molar-refractivity contribution < 1.29 is 4.79 Å². The highest BCUT2D eigenvalue weighted by atomic mass is 32.1. The summed E-state index contributed by atoms with van der Waals surface area (Å²) in [6.45, 7) is 2.71. The van der Waals surface area contributed by atoms with Crippen LogP contribution in [0, 0.1) is 6.92 Å². The fourth-order valence-electron chi connectivity index (χ4n) is 3.08. The number of aromatic amines is 1. The minimum Gasteiger partial charge on any atom is -0.351 e. The quantitative estimate of drug-likeness (QED) is 0.564. The Kier molecular flexibility index (Phi) is 3.62. The van der Waals surface area contributed by atoms with E-state index in [9.17, 15) is 4.79 Å². The number of nitrogens with one attached hydrogen (secondary N) is 1. The van der Waals surface area contributed by atoms with Crippen molar-refractivity contribution in [1.29, 1.82) is 0 Å². The summed E-state index contributed by atoms with van der Waals surface area (Å²) >= 11 is 1.73. The Hall–Kier alpha value is -2.59. The first-order valence-corrected chi connectivity index (χ1v) is 8.75. The average Bonchev–Trinajstić information content (AvgIpc) is 3.20. The van der Waals surface area contributed by atoms with E-state index in [-0.39, 0.29) is 5.91 Å². The van der Waals surface area contributed by atoms with Crippen LogP contribution in [0.15, 0.2) is 54.6 Å². The molecule has 0 unspecified atom stereocenters. The minimum absolute atomic E-state index is 0.0151. The highest BCUT2D eigenvalue weighted by Crippen LogP contribution is 2.26. The Morgan fingerprint density at radius 2 is 1.92 bits per heavy atom. The number of thiophene rings is 1. The number of rotatable bonds is 3. The van der Waals surface area contributed by atoms with Crippen molar-refractivity contribution >= 4 is 38.9 Å². The van der Waals surface area contributed by atoms with Gasteiger partial charge in [0, 0.05) is 27.7 Å². The van der Waals surface area contributed by atoms with Crippen LogP contribution >= 0.6 is 11.3 Å². The molecule has 0 saturated carbocycles. The monoisotopic (exact) mass is 334 g/mol. The van der Waals surface area contributed by atoms with E-state index >= 15 is 0 Å². The van der Waals surface area contributed by atoms with E-state index in [1.165, 1.54) is 20.5 Å². The van der Waals surface area contributed by atoms with Crippen molar-refractivity contribution in [2.75, 3.05) is 7.05 Å². The zero-order chi connectivity index (χ0) is 16.7. The second-order valence-electron chi connectivity index (χ2n) is 6.10. The molecule has 0 aliphatic heterocycles. The summed E-state index contributed by atoms with van der Waals surface area (Å²) in [5, 5.41) is 3.45. The largest absolute Gasteiger partial charge is 0.351 e. The third-order valence-corrected chi connectivity index (χ3v) is 5.28. The Morgan fingerprint density at radius 3 is 2.71 bits per heavy atom. The van der Waals surface area contributed by atoms with Gasteiger partial charge < -0.3 is 9.88 Å². The Bertz CT molecular complexity index is 1040. The zero-order valence-electron chi connectivity index (χ0n) is 13.7. The van der Waals surface area contributed by atoms with Crippen molar-refractivity contribution in [2.24, 2.45) is 0 Å². The summed E-state index contributed by atoms with van der Waals surface area (Å²) in [6, 6.07) is 18.5. The van der Waals surface area contributed by atoms with E-state index in [1.807, 2.05) is 31.3 Å². The van der Waals surface area contributed by atoms with E-state index in [0.717, 1.165) is 10.9 Å². The van der Waals surface area contributed by atoms with Gasteiger partial charge in [0.25, 0.3) is 5.91 Å². The molecule has 2 aromatic carbocycles. The second kappa shape index (κ2) is 5.80. The van der Waals surface area contributed by atoms with Crippen LogP contribution in [0.3, 0.4) is 0 Å².